The van der Waals surface area contributed by atoms with Crippen molar-refractivity contribution in [2.24, 2.45) is 0 Å². The van der Waals surface area contributed by atoms with Crippen molar-refractivity contribution in [3.8, 4) is 0 Å². The molecule has 0 spiro atoms. The highest BCUT2D eigenvalue weighted by atomic mass is 32.2. The molecule has 0 fully saturated rings. The van der Waals surface area contributed by atoms with Crippen LogP contribution in [0.3, 0.4) is 0 Å². The predicted molar refractivity (Wildman–Crippen MR) is 109 cm³/mol. The normalized spacial score (nSPS) is 11.2. The van der Waals surface area contributed by atoms with Crippen LogP contribution >= 0.6 is 23.1 Å². The second-order valence-electron chi connectivity index (χ2n) is 6.09. The zero-order valence-corrected chi connectivity index (χ0v) is 16.6. The molecule has 0 aliphatic rings. The van der Waals surface area contributed by atoms with Crippen molar-refractivity contribution >= 4 is 50.2 Å². The van der Waals surface area contributed by atoms with Crippen LogP contribution in [0, 0.1) is 13.8 Å². The zero-order chi connectivity index (χ0) is 18.8. The van der Waals surface area contributed by atoms with Gasteiger partial charge < -0.3 is 4.74 Å². The van der Waals surface area contributed by atoms with Gasteiger partial charge >= 0.3 is 5.97 Å². The van der Waals surface area contributed by atoms with Gasteiger partial charge in [0.15, 0.2) is 0 Å². The highest BCUT2D eigenvalue weighted by molar-refractivity contribution is 8.00. The molecular weight excluding hydrogens is 378 g/mol. The van der Waals surface area contributed by atoms with Gasteiger partial charge in [-0.25, -0.2) is 15.0 Å². The molecule has 0 saturated carbocycles. The first-order valence-electron chi connectivity index (χ1n) is 8.45. The van der Waals surface area contributed by atoms with Gasteiger partial charge in [-0.1, -0.05) is 36.0 Å². The smallest absolute Gasteiger partial charge is 0.316 e. The number of aryl methyl sites for hydroxylation is 2. The lowest BCUT2D eigenvalue weighted by molar-refractivity contribution is -0.141. The van der Waals surface area contributed by atoms with Gasteiger partial charge in [0.05, 0.1) is 17.0 Å². The number of hydrogen-bond acceptors (Lipinski definition) is 7. The molecule has 136 valence electrons. The van der Waals surface area contributed by atoms with Crippen molar-refractivity contribution in [2.45, 2.75) is 25.5 Å². The molecule has 4 rings (SSSR count). The van der Waals surface area contributed by atoms with Gasteiger partial charge in [-0.3, -0.25) is 4.79 Å². The number of thiophene rings is 1. The van der Waals surface area contributed by atoms with E-state index in [0.717, 1.165) is 31.8 Å². The summed E-state index contributed by atoms with van der Waals surface area (Å²) in [6.07, 6.45) is 1.55. The molecule has 4 aromatic rings. The Morgan fingerprint density at radius 3 is 2.89 bits per heavy atom. The summed E-state index contributed by atoms with van der Waals surface area (Å²) in [7, 11) is 0. The Kier molecular flexibility index (Phi) is 5.05. The van der Waals surface area contributed by atoms with E-state index in [1.807, 2.05) is 36.4 Å². The second kappa shape index (κ2) is 7.62. The molecule has 27 heavy (non-hydrogen) atoms. The summed E-state index contributed by atoms with van der Waals surface area (Å²) in [5.41, 5.74) is 2.81. The fourth-order valence-corrected chi connectivity index (χ4v) is 4.69. The van der Waals surface area contributed by atoms with Gasteiger partial charge in [0.2, 0.25) is 0 Å². The minimum atomic E-state index is -0.286. The van der Waals surface area contributed by atoms with E-state index < -0.39 is 0 Å². The maximum absolute atomic E-state index is 12.2. The monoisotopic (exact) mass is 395 g/mol. The Morgan fingerprint density at radius 1 is 1.15 bits per heavy atom. The van der Waals surface area contributed by atoms with Gasteiger partial charge in [0.1, 0.15) is 22.8 Å². The zero-order valence-electron chi connectivity index (χ0n) is 14.9. The van der Waals surface area contributed by atoms with E-state index in [1.54, 1.807) is 17.7 Å². The fraction of sp³-hybridized carbons (Fsp3) is 0.200. The number of pyridine rings is 1. The number of esters is 1. The third-order valence-electron chi connectivity index (χ3n) is 4.29. The van der Waals surface area contributed by atoms with Crippen LogP contribution in [0.1, 0.15) is 16.1 Å². The minimum absolute atomic E-state index is 0.167. The molecule has 0 amide bonds. The minimum Gasteiger partial charge on any atom is -0.459 e. The largest absolute Gasteiger partial charge is 0.459 e. The van der Waals surface area contributed by atoms with Crippen LogP contribution in [0.25, 0.3) is 21.1 Å². The Bertz CT molecular complexity index is 1140. The van der Waals surface area contributed by atoms with Crippen LogP contribution in [0.15, 0.2) is 47.8 Å². The quantitative estimate of drug-likeness (QED) is 0.277. The average molecular weight is 396 g/mol. The van der Waals surface area contributed by atoms with E-state index in [4.69, 9.17) is 4.74 Å². The molecule has 3 heterocycles. The summed E-state index contributed by atoms with van der Waals surface area (Å²) in [4.78, 5) is 27.5. The standard InChI is InChI=1S/C20H17N3O2S2/c1-12-13(2)27-20-18(12)19(21-11-22-20)26-10-17(24)25-9-15-8-7-14-5-3-4-6-16(14)23-15/h3-8,11H,9-10H2,1-2H3. The SMILES string of the molecule is Cc1sc2ncnc(SCC(=O)OCc3ccc4ccccc4n3)c2c1C. The molecule has 0 radical (unpaired) electrons. The lowest BCUT2D eigenvalue weighted by atomic mass is 10.2. The number of para-hydroxylation sites is 1. The van der Waals surface area contributed by atoms with Crippen LogP contribution in [0.4, 0.5) is 0 Å². The van der Waals surface area contributed by atoms with Gasteiger partial charge in [-0.05, 0) is 31.5 Å². The van der Waals surface area contributed by atoms with Crippen molar-refractivity contribution in [3.05, 3.63) is 58.9 Å². The first-order chi connectivity index (χ1) is 13.1. The molecule has 0 saturated heterocycles. The lowest BCUT2D eigenvalue weighted by Crippen LogP contribution is -2.08. The van der Waals surface area contributed by atoms with E-state index in [1.165, 1.54) is 22.2 Å². The van der Waals surface area contributed by atoms with Crippen molar-refractivity contribution < 1.29 is 9.53 Å². The molecule has 0 atom stereocenters. The highest BCUT2D eigenvalue weighted by Gasteiger charge is 2.14. The van der Waals surface area contributed by atoms with Crippen LogP contribution in [0.2, 0.25) is 0 Å². The molecule has 3 aromatic heterocycles. The molecule has 0 aliphatic carbocycles. The third kappa shape index (κ3) is 3.79. The molecule has 0 bridgehead atoms. The van der Waals surface area contributed by atoms with Crippen LogP contribution in [-0.4, -0.2) is 26.7 Å². The lowest BCUT2D eigenvalue weighted by Gasteiger charge is -2.06. The summed E-state index contributed by atoms with van der Waals surface area (Å²) in [6, 6.07) is 11.7. The molecule has 5 nitrogen and oxygen atoms in total. The number of thioether (sulfide) groups is 1. The van der Waals surface area contributed by atoms with Crippen molar-refractivity contribution in [1.82, 2.24) is 15.0 Å². The Balaban J connectivity index is 1.40. The van der Waals surface area contributed by atoms with Gasteiger partial charge in [0, 0.05) is 15.6 Å². The molecular formula is C20H17N3O2S2. The first-order valence-corrected chi connectivity index (χ1v) is 10.3. The number of carbonyl (C=O) groups is 1. The maximum Gasteiger partial charge on any atom is 0.316 e. The summed E-state index contributed by atoms with van der Waals surface area (Å²) < 4.78 is 5.38. The number of fused-ring (bicyclic) bond motifs is 2. The van der Waals surface area contributed by atoms with E-state index in [-0.39, 0.29) is 18.3 Å². The number of carbonyl (C=O) groups excluding carboxylic acids is 1. The van der Waals surface area contributed by atoms with Crippen LogP contribution < -0.4 is 0 Å². The van der Waals surface area contributed by atoms with Crippen molar-refractivity contribution in [1.29, 1.82) is 0 Å². The van der Waals surface area contributed by atoms with Crippen molar-refractivity contribution in [2.75, 3.05) is 5.75 Å². The number of hydrogen-bond donors (Lipinski definition) is 0. The number of aromatic nitrogens is 3. The second-order valence-corrected chi connectivity index (χ2v) is 8.25. The van der Waals surface area contributed by atoms with E-state index >= 15 is 0 Å². The fourth-order valence-electron chi connectivity index (χ4n) is 2.77. The van der Waals surface area contributed by atoms with E-state index in [0.29, 0.717) is 0 Å². The van der Waals surface area contributed by atoms with Gasteiger partial charge in [-0.2, -0.15) is 0 Å². The number of ether oxygens (including phenoxy) is 1. The highest BCUT2D eigenvalue weighted by Crippen LogP contribution is 2.34. The summed E-state index contributed by atoms with van der Waals surface area (Å²) in [5.74, 6) is -0.0834. The Labute approximate surface area is 164 Å². The van der Waals surface area contributed by atoms with Crippen LogP contribution in [-0.2, 0) is 16.1 Å². The Hall–Kier alpha value is -2.51. The number of rotatable bonds is 5. The molecule has 1 aromatic carbocycles. The summed E-state index contributed by atoms with van der Waals surface area (Å²) in [6.45, 7) is 4.30. The molecule has 0 unspecified atom stereocenters. The van der Waals surface area contributed by atoms with E-state index in [2.05, 4.69) is 28.8 Å². The van der Waals surface area contributed by atoms with E-state index in [9.17, 15) is 4.79 Å². The van der Waals surface area contributed by atoms with Crippen molar-refractivity contribution in [3.63, 3.8) is 0 Å². The first kappa shape index (κ1) is 17.9. The maximum atomic E-state index is 12.2. The number of nitrogens with zero attached hydrogens (tertiary/aromatic N) is 3. The molecule has 0 N–H and O–H groups in total. The molecule has 7 heteroatoms. The summed E-state index contributed by atoms with van der Waals surface area (Å²) >= 11 is 3.03. The average Bonchev–Trinajstić information content (AvgIpc) is 2.99. The third-order valence-corrected chi connectivity index (χ3v) is 6.37. The van der Waals surface area contributed by atoms with Crippen LogP contribution in [0.5, 0.6) is 0 Å². The summed E-state index contributed by atoms with van der Waals surface area (Å²) in [5, 5.41) is 2.92. The topological polar surface area (TPSA) is 65.0 Å². The number of benzene rings is 1. The molecule has 0 aliphatic heterocycles. The van der Waals surface area contributed by atoms with Gasteiger partial charge in [0.25, 0.3) is 0 Å². The predicted octanol–water partition coefficient (Wildman–Crippen LogP) is 4.69. The van der Waals surface area contributed by atoms with Gasteiger partial charge in [-0.15, -0.1) is 11.3 Å². The Morgan fingerprint density at radius 2 is 2.00 bits per heavy atom.